The molecule has 148 valence electrons. The normalized spacial score (nSPS) is 24.3. The number of aromatic nitrogens is 1. The van der Waals surface area contributed by atoms with Gasteiger partial charge in [-0.05, 0) is 36.7 Å². The van der Waals surface area contributed by atoms with Gasteiger partial charge in [-0.3, -0.25) is 19.3 Å². The van der Waals surface area contributed by atoms with Gasteiger partial charge in [-0.2, -0.15) is 0 Å². The summed E-state index contributed by atoms with van der Waals surface area (Å²) < 4.78 is 1.70. The number of fused-ring (bicyclic) bond motifs is 3. The van der Waals surface area contributed by atoms with Crippen LogP contribution in [-0.2, 0) is 0 Å². The molecule has 1 saturated heterocycles. The third kappa shape index (κ3) is 2.97. The largest absolute Gasteiger partial charge is 0.502 e. The Morgan fingerprint density at radius 1 is 1.11 bits per heavy atom. The number of amides is 1. The van der Waals surface area contributed by atoms with Crippen molar-refractivity contribution < 1.29 is 9.90 Å². The van der Waals surface area contributed by atoms with Gasteiger partial charge >= 0.3 is 0 Å². The molecule has 0 radical (unpaired) electrons. The van der Waals surface area contributed by atoms with Gasteiger partial charge < -0.3 is 10.0 Å². The molecule has 3 unspecified atom stereocenters. The predicted octanol–water partition coefficient (Wildman–Crippen LogP) is 3.10. The van der Waals surface area contributed by atoms with E-state index in [4.69, 9.17) is 0 Å². The first-order chi connectivity index (χ1) is 13.4. The summed E-state index contributed by atoms with van der Waals surface area (Å²) in [5.41, 5.74) is 0.694. The van der Waals surface area contributed by atoms with Crippen molar-refractivity contribution in [1.82, 2.24) is 9.58 Å². The molecule has 1 fully saturated rings. The molecule has 1 aromatic heterocycles. The van der Waals surface area contributed by atoms with E-state index >= 15 is 0 Å². The lowest BCUT2D eigenvalue weighted by atomic mass is 9.81. The Labute approximate surface area is 165 Å². The average molecular weight is 381 g/mol. The number of rotatable bonds is 3. The summed E-state index contributed by atoms with van der Waals surface area (Å²) in [6.07, 6.45) is 4.44. The molecule has 2 aliphatic rings. The standard InChI is InChI=1S/C22H27N3O3/c1-14(2)11-15-12-17(16-7-5-4-6-8-16)25-19(13-15)23(3)22(28)20-21(27)18(26)9-10-24(20)25/h4-10,14-15,17,19,27H,11-13H2,1-3H3. The fourth-order valence-electron chi connectivity index (χ4n) is 4.80. The Hall–Kier alpha value is -2.76. The minimum absolute atomic E-state index is 0.0505. The second-order valence-electron chi connectivity index (χ2n) is 8.39. The summed E-state index contributed by atoms with van der Waals surface area (Å²) in [5, 5.41) is 12.5. The third-order valence-electron chi connectivity index (χ3n) is 5.99. The smallest absolute Gasteiger partial charge is 0.277 e. The van der Waals surface area contributed by atoms with Crippen LogP contribution in [0.2, 0.25) is 0 Å². The van der Waals surface area contributed by atoms with Crippen molar-refractivity contribution >= 4 is 5.91 Å². The van der Waals surface area contributed by atoms with E-state index < -0.39 is 11.2 Å². The van der Waals surface area contributed by atoms with E-state index in [1.165, 1.54) is 11.6 Å². The fraction of sp³-hybridized carbons (Fsp3) is 0.455. The Kier molecular flexibility index (Phi) is 4.65. The number of pyridine rings is 1. The van der Waals surface area contributed by atoms with E-state index in [9.17, 15) is 14.7 Å². The van der Waals surface area contributed by atoms with E-state index in [2.05, 4.69) is 31.0 Å². The molecule has 6 heteroatoms. The molecule has 0 spiro atoms. The Bertz CT molecular complexity index is 938. The van der Waals surface area contributed by atoms with Crippen molar-refractivity contribution in [3.63, 3.8) is 0 Å². The Balaban J connectivity index is 1.86. The van der Waals surface area contributed by atoms with Crippen LogP contribution >= 0.6 is 0 Å². The van der Waals surface area contributed by atoms with E-state index in [-0.39, 0.29) is 23.8 Å². The average Bonchev–Trinajstić information content (AvgIpc) is 2.68. The second-order valence-corrected chi connectivity index (χ2v) is 8.39. The van der Waals surface area contributed by atoms with Crippen LogP contribution in [0.15, 0.2) is 47.4 Å². The van der Waals surface area contributed by atoms with Gasteiger partial charge in [0.2, 0.25) is 5.43 Å². The number of aromatic hydroxyl groups is 1. The fourth-order valence-corrected chi connectivity index (χ4v) is 4.80. The molecule has 2 aromatic rings. The number of benzene rings is 1. The van der Waals surface area contributed by atoms with Crippen LogP contribution < -0.4 is 10.4 Å². The van der Waals surface area contributed by atoms with Crippen LogP contribution in [0.1, 0.15) is 55.2 Å². The van der Waals surface area contributed by atoms with Gasteiger partial charge in [0, 0.05) is 19.3 Å². The van der Waals surface area contributed by atoms with Gasteiger partial charge in [0.15, 0.2) is 11.4 Å². The van der Waals surface area contributed by atoms with E-state index in [0.29, 0.717) is 11.8 Å². The van der Waals surface area contributed by atoms with Crippen molar-refractivity contribution in [3.8, 4) is 5.75 Å². The van der Waals surface area contributed by atoms with Gasteiger partial charge in [-0.25, -0.2) is 0 Å². The van der Waals surface area contributed by atoms with Crippen LogP contribution in [0.3, 0.4) is 0 Å². The summed E-state index contributed by atoms with van der Waals surface area (Å²) in [6.45, 7) is 4.47. The summed E-state index contributed by atoms with van der Waals surface area (Å²) in [5.74, 6) is 0.295. The lowest BCUT2D eigenvalue weighted by Gasteiger charge is -2.53. The minimum atomic E-state index is -0.530. The van der Waals surface area contributed by atoms with Crippen LogP contribution in [-0.4, -0.2) is 33.8 Å². The maximum Gasteiger partial charge on any atom is 0.277 e. The highest BCUT2D eigenvalue weighted by molar-refractivity contribution is 5.96. The molecular weight excluding hydrogens is 354 g/mol. The summed E-state index contributed by atoms with van der Waals surface area (Å²) in [6, 6.07) is 11.7. The zero-order valence-electron chi connectivity index (χ0n) is 16.6. The van der Waals surface area contributed by atoms with Crippen molar-refractivity contribution in [3.05, 3.63) is 64.1 Å². The highest BCUT2D eigenvalue weighted by Gasteiger charge is 2.45. The van der Waals surface area contributed by atoms with Gasteiger partial charge in [0.25, 0.3) is 5.91 Å². The lowest BCUT2D eigenvalue weighted by molar-refractivity contribution is 0.0475. The minimum Gasteiger partial charge on any atom is -0.502 e. The molecule has 4 rings (SSSR count). The van der Waals surface area contributed by atoms with Gasteiger partial charge in [0.05, 0.1) is 6.04 Å². The SMILES string of the molecule is CC(C)CC1CC(c2ccccc2)N2C(C1)N(C)C(=O)c1c(O)c(=O)ccn12. The van der Waals surface area contributed by atoms with Crippen molar-refractivity contribution in [2.75, 3.05) is 12.1 Å². The number of hydrogen-bond donors (Lipinski definition) is 1. The first-order valence-corrected chi connectivity index (χ1v) is 9.93. The van der Waals surface area contributed by atoms with Crippen LogP contribution in [0.5, 0.6) is 5.75 Å². The van der Waals surface area contributed by atoms with Crippen molar-refractivity contribution in [2.24, 2.45) is 11.8 Å². The van der Waals surface area contributed by atoms with Gasteiger partial charge in [-0.15, -0.1) is 0 Å². The highest BCUT2D eigenvalue weighted by atomic mass is 16.3. The number of carbonyl (C=O) groups excluding carboxylic acids is 1. The molecule has 0 saturated carbocycles. The molecule has 6 nitrogen and oxygen atoms in total. The molecule has 0 bridgehead atoms. The Morgan fingerprint density at radius 2 is 1.82 bits per heavy atom. The highest BCUT2D eigenvalue weighted by Crippen LogP contribution is 2.42. The monoisotopic (exact) mass is 381 g/mol. The Morgan fingerprint density at radius 3 is 2.50 bits per heavy atom. The molecule has 0 aliphatic carbocycles. The van der Waals surface area contributed by atoms with Gasteiger partial charge in [0.1, 0.15) is 6.17 Å². The molecule has 3 heterocycles. The third-order valence-corrected chi connectivity index (χ3v) is 5.99. The molecule has 1 aromatic carbocycles. The molecular formula is C22H27N3O3. The van der Waals surface area contributed by atoms with Crippen LogP contribution in [0.4, 0.5) is 0 Å². The number of hydrogen-bond acceptors (Lipinski definition) is 4. The second kappa shape index (κ2) is 7.00. The van der Waals surface area contributed by atoms with Crippen LogP contribution in [0.25, 0.3) is 0 Å². The first-order valence-electron chi connectivity index (χ1n) is 9.93. The first kappa shape index (κ1) is 18.6. The lowest BCUT2D eigenvalue weighted by Crippen LogP contribution is -2.63. The zero-order chi connectivity index (χ0) is 20.0. The van der Waals surface area contributed by atoms with Gasteiger partial charge in [-0.1, -0.05) is 44.2 Å². The topological polar surface area (TPSA) is 65.8 Å². The summed E-state index contributed by atoms with van der Waals surface area (Å²) >= 11 is 0. The van der Waals surface area contributed by atoms with E-state index in [1.807, 2.05) is 18.2 Å². The van der Waals surface area contributed by atoms with Crippen molar-refractivity contribution in [2.45, 2.75) is 45.3 Å². The maximum atomic E-state index is 13.0. The number of piperidine rings is 1. The number of carbonyl (C=O) groups is 1. The van der Waals surface area contributed by atoms with E-state index in [1.54, 1.807) is 22.8 Å². The molecule has 28 heavy (non-hydrogen) atoms. The summed E-state index contributed by atoms with van der Waals surface area (Å²) in [4.78, 5) is 26.6. The zero-order valence-corrected chi connectivity index (χ0v) is 16.6. The molecule has 3 atom stereocenters. The quantitative estimate of drug-likeness (QED) is 0.887. The molecule has 1 N–H and O–H groups in total. The molecule has 2 aliphatic heterocycles. The molecule has 1 amide bonds. The maximum absolute atomic E-state index is 13.0. The predicted molar refractivity (Wildman–Crippen MR) is 108 cm³/mol. The van der Waals surface area contributed by atoms with E-state index in [0.717, 1.165) is 19.3 Å². The number of nitrogens with zero attached hydrogens (tertiary/aromatic N) is 3. The summed E-state index contributed by atoms with van der Waals surface area (Å²) in [7, 11) is 1.76. The van der Waals surface area contributed by atoms with Crippen LogP contribution in [0, 0.1) is 11.8 Å². The van der Waals surface area contributed by atoms with Crippen molar-refractivity contribution in [1.29, 1.82) is 0 Å².